The molecule has 1 aliphatic heterocycles. The highest BCUT2D eigenvalue weighted by Crippen LogP contribution is 2.38. The Hall–Kier alpha value is -7.09. The molecule has 0 bridgehead atoms. The number of amides is 1. The Morgan fingerprint density at radius 2 is 1.03 bits per heavy atom. The van der Waals surface area contributed by atoms with Gasteiger partial charge in [-0.15, -0.1) is 0 Å². The molecule has 318 valence electrons. The van der Waals surface area contributed by atoms with Gasteiger partial charge in [0.15, 0.2) is 18.3 Å². The summed E-state index contributed by atoms with van der Waals surface area (Å²) in [7, 11) is 1.14. The molecule has 5 atom stereocenters. The summed E-state index contributed by atoms with van der Waals surface area (Å²) in [4.78, 5) is 69.0. The van der Waals surface area contributed by atoms with Crippen LogP contribution in [-0.4, -0.2) is 65.9 Å². The quantitative estimate of drug-likeness (QED) is 0.0979. The Morgan fingerprint density at radius 1 is 0.629 bits per heavy atom. The Kier molecular flexibility index (Phi) is 14.3. The number of halogens is 1. The van der Waals surface area contributed by atoms with Crippen molar-refractivity contribution in [1.29, 1.82) is 0 Å². The summed E-state index contributed by atoms with van der Waals surface area (Å²) in [6.45, 7) is 2.03. The van der Waals surface area contributed by atoms with E-state index in [2.05, 4.69) is 0 Å². The lowest BCUT2D eigenvalue weighted by Crippen LogP contribution is -3.00. The van der Waals surface area contributed by atoms with Gasteiger partial charge in [-0.2, -0.15) is 0 Å². The van der Waals surface area contributed by atoms with Crippen LogP contribution in [0.25, 0.3) is 0 Å². The van der Waals surface area contributed by atoms with Gasteiger partial charge in [0.05, 0.1) is 30.3 Å². The largest absolute Gasteiger partial charge is 1.00 e. The van der Waals surface area contributed by atoms with Gasteiger partial charge in [-0.25, -0.2) is 28.3 Å². The van der Waals surface area contributed by atoms with E-state index in [0.717, 1.165) is 18.2 Å². The molecule has 1 amide bonds. The van der Waals surface area contributed by atoms with Crippen molar-refractivity contribution in [2.24, 2.45) is 5.73 Å². The third-order valence-electron chi connectivity index (χ3n) is 10.9. The molecule has 1 aliphatic rings. The molecular weight excluding hydrogens is 814 g/mol. The fourth-order valence-electron chi connectivity index (χ4n) is 7.66. The van der Waals surface area contributed by atoms with Crippen LogP contribution in [0.2, 0.25) is 0 Å². The smallest absolute Gasteiger partial charge is 0.339 e. The Bertz CT molecular complexity index is 2430. The second-order valence-electron chi connectivity index (χ2n) is 14.4. The number of carbonyl (C=O) groups is 5. The maximum absolute atomic E-state index is 14.0. The van der Waals surface area contributed by atoms with Crippen molar-refractivity contribution in [3.63, 3.8) is 0 Å². The van der Waals surface area contributed by atoms with Gasteiger partial charge >= 0.3 is 23.9 Å². The maximum atomic E-state index is 14.0. The molecule has 6 aromatic rings. The number of benzene rings is 5. The summed E-state index contributed by atoms with van der Waals surface area (Å²) in [6.07, 6.45) is -4.26. The second kappa shape index (κ2) is 20.0. The molecule has 1 aromatic heterocycles. The molecule has 5 aromatic carbocycles. The van der Waals surface area contributed by atoms with E-state index < -0.39 is 65.8 Å². The summed E-state index contributed by atoms with van der Waals surface area (Å²) in [5.74, 6) is -3.47. The number of methoxy groups -OCH3 is 1. The fraction of sp³-hybridized carbons (Fsp3) is 0.208. The fourth-order valence-corrected chi connectivity index (χ4v) is 7.66. The molecule has 0 unspecified atom stereocenters. The normalized spacial score (nSPS) is 18.3. The maximum Gasteiger partial charge on any atom is 0.339 e. The van der Waals surface area contributed by atoms with Crippen LogP contribution >= 0.6 is 0 Å². The first-order valence-electron chi connectivity index (χ1n) is 19.6. The van der Waals surface area contributed by atoms with E-state index in [1.165, 1.54) is 24.3 Å². The number of hydrogen-bond acceptors (Lipinski definition) is 10. The van der Waals surface area contributed by atoms with Crippen molar-refractivity contribution < 1.29 is 64.6 Å². The van der Waals surface area contributed by atoms with Crippen molar-refractivity contribution in [1.82, 2.24) is 4.57 Å². The first-order valence-corrected chi connectivity index (χ1v) is 19.6. The van der Waals surface area contributed by atoms with Gasteiger partial charge in [-0.3, -0.25) is 4.79 Å². The van der Waals surface area contributed by atoms with E-state index in [-0.39, 0.29) is 42.1 Å². The predicted octanol–water partition coefficient (Wildman–Crippen LogP) is 2.70. The standard InChI is InChI=1S/C48H43N3O10.ClH/c1-32-50(29-28-48(47(49)56,36-24-14-6-15-25-36)37-26-16-7-17-27-37)30-31-51(32)42-40(61-45(54)35-22-12-5-13-23-35)38(59-43(52)33-18-8-3-9-19-33)39(41(58-42)46(55)57-2)60-44(53)34-20-10-4-11-21-34;/h3-27,30-31,38-42H,28-29H2,1-2H3,(H-,49,56);1H/t38-,39-,40+,41-,42+;/m0./s1. The number of aromatic nitrogens is 2. The summed E-state index contributed by atoms with van der Waals surface area (Å²) in [6, 6.07) is 42.9. The van der Waals surface area contributed by atoms with Gasteiger partial charge in [0, 0.05) is 13.3 Å². The first kappa shape index (κ1) is 44.5. The minimum atomic E-state index is -1.68. The van der Waals surface area contributed by atoms with Gasteiger partial charge in [0.25, 0.3) is 5.82 Å². The number of primary amides is 1. The van der Waals surface area contributed by atoms with Gasteiger partial charge in [0.1, 0.15) is 17.8 Å². The molecule has 14 heteroatoms. The number of rotatable bonds is 14. The van der Waals surface area contributed by atoms with Gasteiger partial charge in [0.2, 0.25) is 18.2 Å². The van der Waals surface area contributed by atoms with Crippen molar-refractivity contribution >= 4 is 29.8 Å². The molecule has 62 heavy (non-hydrogen) atoms. The average molecular weight is 858 g/mol. The van der Waals surface area contributed by atoms with E-state index in [4.69, 9.17) is 29.4 Å². The van der Waals surface area contributed by atoms with Gasteiger partial charge < -0.3 is 41.8 Å². The predicted molar refractivity (Wildman–Crippen MR) is 220 cm³/mol. The van der Waals surface area contributed by atoms with Crippen LogP contribution < -0.4 is 22.7 Å². The SMILES string of the molecule is COC(=O)[C@H]1O[C@@H](n2cc[n+](CCC(C(N)=O)(c3ccccc3)c3ccccc3)c2C)[C@H](OC(=O)c2ccccc2)[C@@H](OC(=O)c2ccccc2)[C@@H]1OC(=O)c1ccccc1.[Cl-]. The number of carbonyl (C=O) groups excluding carboxylic acids is 5. The Labute approximate surface area is 364 Å². The number of ether oxygens (including phenoxy) is 5. The van der Waals surface area contributed by atoms with Gasteiger partial charge in [-0.1, -0.05) is 115 Å². The molecular formula is C48H44ClN3O10. The van der Waals surface area contributed by atoms with Crippen molar-refractivity contribution in [2.45, 2.75) is 55.9 Å². The van der Waals surface area contributed by atoms with Crippen LogP contribution in [-0.2, 0) is 45.2 Å². The molecule has 1 saturated heterocycles. The topological polar surface area (TPSA) is 166 Å². The zero-order chi connectivity index (χ0) is 42.9. The summed E-state index contributed by atoms with van der Waals surface area (Å²) in [5, 5.41) is 0. The molecule has 0 radical (unpaired) electrons. The highest BCUT2D eigenvalue weighted by Gasteiger charge is 2.58. The third kappa shape index (κ3) is 9.29. The number of hydrogen-bond donors (Lipinski definition) is 1. The van der Waals surface area contributed by atoms with Crippen molar-refractivity contribution in [2.75, 3.05) is 7.11 Å². The van der Waals surface area contributed by atoms with Gasteiger partial charge in [-0.05, 0) is 47.5 Å². The summed E-state index contributed by atoms with van der Waals surface area (Å²) >= 11 is 0. The summed E-state index contributed by atoms with van der Waals surface area (Å²) < 4.78 is 33.5. The molecule has 0 saturated carbocycles. The Morgan fingerprint density at radius 3 is 1.45 bits per heavy atom. The number of imidazole rings is 1. The number of aryl methyl sites for hydroxylation is 1. The van der Waals surface area contributed by atoms with Crippen LogP contribution in [0.5, 0.6) is 0 Å². The van der Waals surface area contributed by atoms with E-state index in [1.807, 2.05) is 65.2 Å². The zero-order valence-electron chi connectivity index (χ0n) is 33.8. The number of esters is 4. The monoisotopic (exact) mass is 857 g/mol. The average Bonchev–Trinajstić information content (AvgIpc) is 3.67. The lowest BCUT2D eigenvalue weighted by Gasteiger charge is -2.42. The molecule has 13 nitrogen and oxygen atoms in total. The molecule has 2 heterocycles. The zero-order valence-corrected chi connectivity index (χ0v) is 34.6. The molecule has 7 rings (SSSR count). The van der Waals surface area contributed by atoms with E-state index in [9.17, 15) is 24.0 Å². The van der Waals surface area contributed by atoms with E-state index in [1.54, 1.807) is 90.6 Å². The molecule has 1 fully saturated rings. The van der Waals surface area contributed by atoms with Crippen LogP contribution in [0.4, 0.5) is 0 Å². The van der Waals surface area contributed by atoms with Crippen molar-refractivity contribution in [3.8, 4) is 0 Å². The van der Waals surface area contributed by atoms with E-state index >= 15 is 0 Å². The summed E-state index contributed by atoms with van der Waals surface area (Å²) in [5.41, 5.74) is 6.94. The molecule has 0 aliphatic carbocycles. The van der Waals surface area contributed by atoms with Crippen LogP contribution in [0.1, 0.15) is 60.7 Å². The minimum Gasteiger partial charge on any atom is -1.00 e. The molecule has 2 N–H and O–H groups in total. The second-order valence-corrected chi connectivity index (χ2v) is 14.4. The van der Waals surface area contributed by atoms with Crippen LogP contribution in [0, 0.1) is 6.92 Å². The highest BCUT2D eigenvalue weighted by molar-refractivity contribution is 5.92. The van der Waals surface area contributed by atoms with E-state index in [0.29, 0.717) is 5.82 Å². The lowest BCUT2D eigenvalue weighted by atomic mass is 9.71. The Balaban J connectivity index is 0.00000641. The molecule has 0 spiro atoms. The van der Waals surface area contributed by atoms with Crippen LogP contribution in [0.3, 0.4) is 0 Å². The van der Waals surface area contributed by atoms with Crippen molar-refractivity contribution in [3.05, 3.63) is 198 Å². The number of nitrogens with zero attached hydrogens (tertiary/aromatic N) is 2. The third-order valence-corrected chi connectivity index (χ3v) is 10.9. The lowest BCUT2D eigenvalue weighted by molar-refractivity contribution is -0.703. The highest BCUT2D eigenvalue weighted by atomic mass is 35.5. The number of nitrogens with two attached hydrogens (primary N) is 1. The first-order chi connectivity index (χ1) is 29.6. The minimum absolute atomic E-state index is 0. The van der Waals surface area contributed by atoms with Crippen LogP contribution in [0.15, 0.2) is 164 Å².